The van der Waals surface area contributed by atoms with Crippen molar-refractivity contribution < 1.29 is 18.4 Å². The number of carbonyl (C=O) groups is 1. The van der Waals surface area contributed by atoms with Gasteiger partial charge in [0.2, 0.25) is 0 Å². The fourth-order valence-corrected chi connectivity index (χ4v) is 9.68. The van der Waals surface area contributed by atoms with Crippen LogP contribution in [-0.2, 0) is 18.4 Å². The van der Waals surface area contributed by atoms with Gasteiger partial charge < -0.3 is 13.6 Å². The molecule has 1 rings (SSSR count). The summed E-state index contributed by atoms with van der Waals surface area (Å²) >= 11 is 0. The van der Waals surface area contributed by atoms with Gasteiger partial charge in [0, 0.05) is 22.3 Å². The maximum Gasteiger partial charge on any atom is 0.349 e. The summed E-state index contributed by atoms with van der Waals surface area (Å²) in [6.45, 7) is 22.0. The molecule has 0 aromatic rings. The minimum absolute atomic E-state index is 0.00731. The first kappa shape index (κ1) is 28.6. The van der Waals surface area contributed by atoms with Crippen LogP contribution >= 0.6 is 0 Å². The van der Waals surface area contributed by atoms with Gasteiger partial charge in [0.05, 0.1) is 13.2 Å². The Morgan fingerprint density at radius 1 is 0.906 bits per heavy atom. The van der Waals surface area contributed by atoms with Crippen molar-refractivity contribution in [2.45, 2.75) is 111 Å². The zero-order chi connectivity index (χ0) is 24.7. The maximum absolute atomic E-state index is 11.3. The summed E-state index contributed by atoms with van der Waals surface area (Å²) < 4.78 is 18.3. The molecule has 0 bridgehead atoms. The van der Waals surface area contributed by atoms with E-state index in [1.165, 1.54) is 18.8 Å². The molecular weight excluding hydrogens is 416 g/mol. The Hall–Kier alpha value is -1.43. The van der Waals surface area contributed by atoms with Crippen molar-refractivity contribution in [2.24, 2.45) is 0 Å². The maximum atomic E-state index is 11.3. The van der Waals surface area contributed by atoms with Crippen LogP contribution in [0, 0.1) is 0 Å². The first-order valence-electron chi connectivity index (χ1n) is 11.8. The Morgan fingerprint density at radius 3 is 1.94 bits per heavy atom. The molecule has 0 aromatic carbocycles. The lowest BCUT2D eigenvalue weighted by Gasteiger charge is -2.55. The van der Waals surface area contributed by atoms with Crippen LogP contribution in [0.4, 0.5) is 0 Å². The quantitative estimate of drug-likeness (QED) is 0.169. The van der Waals surface area contributed by atoms with Crippen molar-refractivity contribution in [2.75, 3.05) is 7.11 Å². The van der Waals surface area contributed by atoms with Crippen molar-refractivity contribution in [3.05, 3.63) is 47.1 Å². The fourth-order valence-electron chi connectivity index (χ4n) is 4.56. The van der Waals surface area contributed by atoms with Gasteiger partial charge in [-0.25, -0.2) is 4.79 Å². The lowest BCUT2D eigenvalue weighted by atomic mass is 10.0. The molecule has 0 unspecified atom stereocenters. The molecule has 0 aliphatic carbocycles. The van der Waals surface area contributed by atoms with Gasteiger partial charge >= 0.3 is 14.5 Å². The van der Waals surface area contributed by atoms with Gasteiger partial charge in [-0.15, -0.1) is 0 Å². The van der Waals surface area contributed by atoms with E-state index in [-0.39, 0.29) is 28.3 Å². The highest BCUT2D eigenvalue weighted by molar-refractivity contribution is 6.73. The Kier molecular flexibility index (Phi) is 10.4. The van der Waals surface area contributed by atoms with E-state index in [4.69, 9.17) is 8.85 Å². The third-order valence-corrected chi connectivity index (χ3v) is 11.2. The predicted molar refractivity (Wildman–Crippen MR) is 137 cm³/mol. The molecule has 0 saturated carbocycles. The van der Waals surface area contributed by atoms with E-state index in [1.807, 2.05) is 6.92 Å². The lowest BCUT2D eigenvalue weighted by Crippen LogP contribution is -2.63. The molecule has 1 heterocycles. The predicted octanol–water partition coefficient (Wildman–Crippen LogP) is 7.57. The topological polar surface area (TPSA) is 44.8 Å². The van der Waals surface area contributed by atoms with E-state index < -0.39 is 8.56 Å². The molecule has 1 aliphatic rings. The standard InChI is InChI=1S/C27H46O4Si/c1-12-23-19-24(31-32(30-23,26(5,6)7)27(8,9)10)15-13-20(2)17-22(4)18-21(3)14-16-25(28)29-11/h13-14,16-18,23-24H,12,15,19H2,1-11H3/b16-14+,20-13+,21-18+,22-17+/t23-,24+/m0/s1. The molecule has 0 N–H and O–H groups in total. The van der Waals surface area contributed by atoms with E-state index in [0.717, 1.165) is 30.4 Å². The van der Waals surface area contributed by atoms with E-state index in [0.29, 0.717) is 0 Å². The van der Waals surface area contributed by atoms with Crippen LogP contribution in [0.15, 0.2) is 47.1 Å². The van der Waals surface area contributed by atoms with Crippen LogP contribution < -0.4 is 0 Å². The third kappa shape index (κ3) is 7.86. The van der Waals surface area contributed by atoms with Gasteiger partial charge in [-0.05, 0) is 40.0 Å². The molecule has 0 aromatic heterocycles. The minimum Gasteiger partial charge on any atom is -0.466 e. The zero-order valence-electron chi connectivity index (χ0n) is 22.3. The first-order chi connectivity index (χ1) is 14.6. The smallest absolute Gasteiger partial charge is 0.349 e. The number of ether oxygens (including phenoxy) is 1. The summed E-state index contributed by atoms with van der Waals surface area (Å²) in [5.74, 6) is -0.345. The Labute approximate surface area is 198 Å². The molecule has 1 aliphatic heterocycles. The molecule has 1 saturated heterocycles. The highest BCUT2D eigenvalue weighted by atomic mass is 28.4. The van der Waals surface area contributed by atoms with Gasteiger partial charge in [0.15, 0.2) is 0 Å². The highest BCUT2D eigenvalue weighted by Crippen LogP contribution is 2.55. The number of hydrogen-bond donors (Lipinski definition) is 0. The molecular formula is C27H46O4Si. The molecule has 5 heteroatoms. The molecule has 0 amide bonds. The number of carbonyl (C=O) groups excluding carboxylic acids is 1. The van der Waals surface area contributed by atoms with Crippen LogP contribution in [0.3, 0.4) is 0 Å². The number of methoxy groups -OCH3 is 1. The van der Waals surface area contributed by atoms with E-state index >= 15 is 0 Å². The Bertz CT molecular complexity index is 746. The average molecular weight is 463 g/mol. The van der Waals surface area contributed by atoms with Crippen molar-refractivity contribution in [1.82, 2.24) is 0 Å². The number of rotatable bonds is 7. The summed E-state index contributed by atoms with van der Waals surface area (Å²) in [5.41, 5.74) is 3.35. The van der Waals surface area contributed by atoms with Crippen molar-refractivity contribution in [1.29, 1.82) is 0 Å². The second-order valence-corrected chi connectivity index (χ2v) is 15.8. The van der Waals surface area contributed by atoms with Crippen LogP contribution in [0.25, 0.3) is 0 Å². The average Bonchev–Trinajstić information content (AvgIpc) is 2.68. The summed E-state index contributed by atoms with van der Waals surface area (Å²) in [6, 6.07) is 0. The molecule has 0 radical (unpaired) electrons. The Balaban J connectivity index is 3.01. The zero-order valence-corrected chi connectivity index (χ0v) is 23.3. The summed E-state index contributed by atoms with van der Waals surface area (Å²) in [7, 11) is -1.10. The van der Waals surface area contributed by atoms with E-state index in [9.17, 15) is 4.79 Å². The number of esters is 1. The molecule has 182 valence electrons. The number of allylic oxidation sites excluding steroid dienone is 6. The lowest BCUT2D eigenvalue weighted by molar-refractivity contribution is -0.134. The van der Waals surface area contributed by atoms with Gasteiger partial charge in [-0.2, -0.15) is 0 Å². The minimum atomic E-state index is -2.48. The van der Waals surface area contributed by atoms with Crippen LogP contribution in [0.1, 0.15) is 88.5 Å². The second-order valence-electron chi connectivity index (χ2n) is 11.1. The monoisotopic (exact) mass is 462 g/mol. The van der Waals surface area contributed by atoms with Gasteiger partial charge in [0.1, 0.15) is 0 Å². The number of hydrogen-bond acceptors (Lipinski definition) is 4. The molecule has 4 nitrogen and oxygen atoms in total. The van der Waals surface area contributed by atoms with Crippen LogP contribution in [-0.4, -0.2) is 33.8 Å². The van der Waals surface area contributed by atoms with Gasteiger partial charge in [-0.3, -0.25) is 0 Å². The summed E-state index contributed by atoms with van der Waals surface area (Å²) in [5, 5.41) is -0.0146. The van der Waals surface area contributed by atoms with E-state index in [2.05, 4.69) is 85.3 Å². The normalized spacial score (nSPS) is 23.5. The Morgan fingerprint density at radius 2 is 1.44 bits per heavy atom. The summed E-state index contributed by atoms with van der Waals surface area (Å²) in [6.07, 6.45) is 13.0. The van der Waals surface area contributed by atoms with Crippen molar-refractivity contribution in [3.8, 4) is 0 Å². The SMILES string of the molecule is CC[C@H]1C[C@@H](C/C=C(C)/C=C(C)/C=C(C)/C=C/C(=O)OC)O[Si](C(C)(C)C)(C(C)(C)C)O1. The molecule has 0 spiro atoms. The highest BCUT2D eigenvalue weighted by Gasteiger charge is 2.61. The van der Waals surface area contributed by atoms with Crippen molar-refractivity contribution in [3.63, 3.8) is 0 Å². The van der Waals surface area contributed by atoms with Crippen LogP contribution in [0.2, 0.25) is 10.1 Å². The first-order valence-corrected chi connectivity index (χ1v) is 13.6. The molecule has 2 atom stereocenters. The van der Waals surface area contributed by atoms with Crippen LogP contribution in [0.5, 0.6) is 0 Å². The van der Waals surface area contributed by atoms with Crippen molar-refractivity contribution >= 4 is 14.5 Å². The molecule has 1 fully saturated rings. The second kappa shape index (κ2) is 11.6. The van der Waals surface area contributed by atoms with E-state index in [1.54, 1.807) is 6.08 Å². The fraction of sp³-hybridized carbons (Fsp3) is 0.667. The summed E-state index contributed by atoms with van der Waals surface area (Å²) in [4.78, 5) is 11.3. The van der Waals surface area contributed by atoms with Gasteiger partial charge in [-0.1, -0.05) is 89.5 Å². The largest absolute Gasteiger partial charge is 0.466 e. The molecule has 32 heavy (non-hydrogen) atoms. The van der Waals surface area contributed by atoms with Gasteiger partial charge in [0.25, 0.3) is 0 Å². The third-order valence-electron chi connectivity index (χ3n) is 5.92.